The average molecular weight is 775 g/mol. The van der Waals surface area contributed by atoms with E-state index < -0.39 is 0 Å². The summed E-state index contributed by atoms with van der Waals surface area (Å²) in [4.78, 5) is 36.1. The zero-order chi connectivity index (χ0) is 32.1. The maximum absolute atomic E-state index is 12.2. The number of halogens is 2. The Morgan fingerprint density at radius 2 is 1.07 bits per heavy atom. The van der Waals surface area contributed by atoms with Gasteiger partial charge in [-0.05, 0) is 108 Å². The first kappa shape index (κ1) is 33.4. The number of hydrogen-bond donors (Lipinski definition) is 2. The third-order valence-corrected chi connectivity index (χ3v) is 10.1. The van der Waals surface area contributed by atoms with Crippen molar-refractivity contribution >= 4 is 66.3 Å². The van der Waals surface area contributed by atoms with Crippen LogP contribution in [0.4, 0.5) is 0 Å². The summed E-state index contributed by atoms with van der Waals surface area (Å²) in [6.45, 7) is 1.25. The van der Waals surface area contributed by atoms with Crippen molar-refractivity contribution < 1.29 is 9.59 Å². The van der Waals surface area contributed by atoms with Gasteiger partial charge in [0, 0.05) is 56.6 Å². The van der Waals surface area contributed by atoms with E-state index in [9.17, 15) is 9.59 Å². The van der Waals surface area contributed by atoms with Gasteiger partial charge in [0.1, 0.15) is 0 Å². The maximum Gasteiger partial charge on any atom is 0.261 e. The van der Waals surface area contributed by atoms with Gasteiger partial charge in [0.05, 0.1) is 9.75 Å². The average Bonchev–Trinajstić information content (AvgIpc) is 3.78. The van der Waals surface area contributed by atoms with E-state index in [0.29, 0.717) is 13.1 Å². The van der Waals surface area contributed by atoms with Crippen LogP contribution in [0.2, 0.25) is 0 Å². The molecule has 0 aliphatic rings. The van der Waals surface area contributed by atoms with Crippen molar-refractivity contribution in [2.24, 2.45) is 0 Å². The number of hydrogen-bond acceptors (Lipinski definition) is 6. The first-order valence-electron chi connectivity index (χ1n) is 14.5. The second-order valence-corrected chi connectivity index (χ2v) is 14.1. The van der Waals surface area contributed by atoms with E-state index in [1.165, 1.54) is 33.8 Å². The van der Waals surface area contributed by atoms with Crippen LogP contribution in [0, 0.1) is 0 Å². The lowest BCUT2D eigenvalue weighted by atomic mass is 10.1. The minimum atomic E-state index is -0.0229. The molecular formula is C36H30Br2N4O2S2. The van der Waals surface area contributed by atoms with Gasteiger partial charge in [-0.2, -0.15) is 0 Å². The van der Waals surface area contributed by atoms with Gasteiger partial charge < -0.3 is 10.6 Å². The summed E-state index contributed by atoms with van der Waals surface area (Å²) in [7, 11) is 0. The van der Waals surface area contributed by atoms with Crippen LogP contribution in [-0.4, -0.2) is 34.9 Å². The van der Waals surface area contributed by atoms with Gasteiger partial charge in [-0.3, -0.25) is 19.6 Å². The van der Waals surface area contributed by atoms with Crippen LogP contribution < -0.4 is 10.6 Å². The Hall–Kier alpha value is -3.96. The van der Waals surface area contributed by atoms with E-state index in [-0.39, 0.29) is 11.8 Å². The summed E-state index contributed by atoms with van der Waals surface area (Å²) in [5, 5.41) is 5.95. The molecule has 0 aliphatic heterocycles. The molecule has 0 spiro atoms. The Labute approximate surface area is 293 Å². The van der Waals surface area contributed by atoms with E-state index in [0.717, 1.165) is 52.4 Å². The maximum atomic E-state index is 12.2. The molecule has 0 aliphatic carbocycles. The fourth-order valence-electron chi connectivity index (χ4n) is 4.42. The molecule has 2 aromatic carbocycles. The summed E-state index contributed by atoms with van der Waals surface area (Å²) in [5.41, 5.74) is 4.57. The summed E-state index contributed by atoms with van der Waals surface area (Å²) >= 11 is 9.86. The molecule has 6 aromatic rings. The van der Waals surface area contributed by atoms with E-state index in [4.69, 9.17) is 0 Å². The number of rotatable bonds is 10. The number of nitrogens with zero attached hydrogens (tertiary/aromatic N) is 2. The lowest BCUT2D eigenvalue weighted by Gasteiger charge is -2.04. The third-order valence-electron chi connectivity index (χ3n) is 6.79. The Balaban J connectivity index is 0.000000181. The van der Waals surface area contributed by atoms with Crippen LogP contribution >= 0.6 is 54.5 Å². The number of nitrogens with one attached hydrogen (secondary N) is 2. The summed E-state index contributed by atoms with van der Waals surface area (Å²) in [5.74, 6) is -0.0438. The molecule has 0 saturated heterocycles. The predicted molar refractivity (Wildman–Crippen MR) is 195 cm³/mol. The Morgan fingerprint density at radius 1 is 0.565 bits per heavy atom. The molecule has 4 aromatic heterocycles. The number of carbonyl (C=O) groups is 2. The number of benzene rings is 2. The summed E-state index contributed by atoms with van der Waals surface area (Å²) < 4.78 is 2.12. The second kappa shape index (κ2) is 17.1. The van der Waals surface area contributed by atoms with E-state index >= 15 is 0 Å². The van der Waals surface area contributed by atoms with Crippen molar-refractivity contribution in [2.75, 3.05) is 13.1 Å². The number of amides is 2. The molecular weight excluding hydrogens is 744 g/mol. The molecule has 6 nitrogen and oxygen atoms in total. The SMILES string of the molecule is O=C(NCCc1ccc(Br)cc1)c1ccc(-c2ccncc2)s1.O=C(NCCc1cccc(Br)c1)c1ccc(-c2ccncc2)s1. The number of aromatic nitrogens is 2. The zero-order valence-electron chi connectivity index (χ0n) is 24.7. The largest absolute Gasteiger partial charge is 0.351 e. The molecule has 0 atom stereocenters. The number of pyridine rings is 2. The highest BCUT2D eigenvalue weighted by Crippen LogP contribution is 2.28. The van der Waals surface area contributed by atoms with Crippen molar-refractivity contribution in [1.29, 1.82) is 0 Å². The van der Waals surface area contributed by atoms with Crippen LogP contribution in [0.1, 0.15) is 30.5 Å². The molecule has 0 radical (unpaired) electrons. The summed E-state index contributed by atoms with van der Waals surface area (Å²) in [6, 6.07) is 31.7. The summed E-state index contributed by atoms with van der Waals surface area (Å²) in [6.07, 6.45) is 8.66. The van der Waals surface area contributed by atoms with Gasteiger partial charge in [0.15, 0.2) is 0 Å². The van der Waals surface area contributed by atoms with Gasteiger partial charge in [-0.25, -0.2) is 0 Å². The van der Waals surface area contributed by atoms with Crippen LogP contribution in [-0.2, 0) is 12.8 Å². The lowest BCUT2D eigenvalue weighted by Crippen LogP contribution is -2.24. The molecule has 10 heteroatoms. The van der Waals surface area contributed by atoms with Gasteiger partial charge in [-0.1, -0.05) is 56.1 Å². The molecule has 0 saturated carbocycles. The molecule has 2 amide bonds. The molecule has 0 unspecified atom stereocenters. The first-order chi connectivity index (χ1) is 22.4. The Kier molecular flexibility index (Phi) is 12.4. The highest BCUT2D eigenvalue weighted by Gasteiger charge is 2.11. The topological polar surface area (TPSA) is 84.0 Å². The zero-order valence-corrected chi connectivity index (χ0v) is 29.5. The van der Waals surface area contributed by atoms with Crippen molar-refractivity contribution in [3.63, 3.8) is 0 Å². The quantitative estimate of drug-likeness (QED) is 0.146. The number of thiophene rings is 2. The van der Waals surface area contributed by atoms with Crippen LogP contribution in [0.5, 0.6) is 0 Å². The smallest absolute Gasteiger partial charge is 0.261 e. The van der Waals surface area contributed by atoms with Crippen molar-refractivity contribution in [1.82, 2.24) is 20.6 Å². The van der Waals surface area contributed by atoms with Gasteiger partial charge in [0.2, 0.25) is 0 Å². The Bertz CT molecular complexity index is 1860. The van der Waals surface area contributed by atoms with Crippen LogP contribution in [0.15, 0.2) is 131 Å². The normalized spacial score (nSPS) is 10.5. The minimum Gasteiger partial charge on any atom is -0.351 e. The first-order valence-corrected chi connectivity index (χ1v) is 17.7. The molecule has 0 bridgehead atoms. The van der Waals surface area contributed by atoms with E-state index in [1.807, 2.05) is 72.8 Å². The Morgan fingerprint density at radius 3 is 1.57 bits per heavy atom. The van der Waals surface area contributed by atoms with Gasteiger partial charge >= 0.3 is 0 Å². The molecule has 2 N–H and O–H groups in total. The molecule has 232 valence electrons. The van der Waals surface area contributed by atoms with Crippen molar-refractivity contribution in [3.05, 3.63) is 152 Å². The highest BCUT2D eigenvalue weighted by atomic mass is 79.9. The second-order valence-electron chi connectivity index (χ2n) is 10.1. The van der Waals surface area contributed by atoms with Crippen LogP contribution in [0.25, 0.3) is 20.9 Å². The standard InChI is InChI=1S/2C18H15BrN2OS/c19-15-3-1-13(2-4-15)7-12-21-18(22)17-6-5-16(23-17)14-8-10-20-11-9-14;19-15-3-1-2-13(12-15)6-11-21-18(22)17-5-4-16(23-17)14-7-9-20-10-8-14/h1-6,8-11H,7,12H2,(H,21,22);1-5,7-10,12H,6,11H2,(H,21,22). The molecule has 4 heterocycles. The van der Waals surface area contributed by atoms with Crippen molar-refractivity contribution in [3.8, 4) is 20.9 Å². The fourth-order valence-corrected chi connectivity index (χ4v) is 6.99. The predicted octanol–water partition coefficient (Wildman–Crippen LogP) is 9.09. The third kappa shape index (κ3) is 10.0. The van der Waals surface area contributed by atoms with Crippen LogP contribution in [0.3, 0.4) is 0 Å². The molecule has 46 heavy (non-hydrogen) atoms. The van der Waals surface area contributed by atoms with E-state index in [2.05, 4.69) is 76.7 Å². The minimum absolute atomic E-state index is 0.0209. The van der Waals surface area contributed by atoms with Crippen molar-refractivity contribution in [2.45, 2.75) is 12.8 Å². The molecule has 0 fully saturated rings. The van der Waals surface area contributed by atoms with Gasteiger partial charge in [-0.15, -0.1) is 22.7 Å². The monoisotopic (exact) mass is 772 g/mol. The van der Waals surface area contributed by atoms with E-state index in [1.54, 1.807) is 24.8 Å². The highest BCUT2D eigenvalue weighted by molar-refractivity contribution is 9.10. The lowest BCUT2D eigenvalue weighted by molar-refractivity contribution is 0.0950. The fraction of sp³-hybridized carbons (Fsp3) is 0.111. The van der Waals surface area contributed by atoms with Gasteiger partial charge in [0.25, 0.3) is 11.8 Å². The molecule has 6 rings (SSSR count). The number of carbonyl (C=O) groups excluding carboxylic acids is 2.